The molecular formula is C17H18FNO. The van der Waals surface area contributed by atoms with E-state index < -0.39 is 5.54 Å². The zero-order chi connectivity index (χ0) is 14.2. The molecule has 2 aromatic rings. The van der Waals surface area contributed by atoms with Gasteiger partial charge < -0.3 is 10.5 Å². The predicted molar refractivity (Wildman–Crippen MR) is 77.3 cm³/mol. The number of rotatable bonds is 2. The highest BCUT2D eigenvalue weighted by molar-refractivity contribution is 5.43. The van der Waals surface area contributed by atoms with E-state index in [1.165, 1.54) is 23.3 Å². The molecule has 0 aromatic heterocycles. The standard InChI is InChI=1S/C17H18FNO/c1-20-16-7-6-14(18)10-15(16)17(19)9-8-12-4-2-3-5-13(12)11-17/h2-7,10H,8-9,11,19H2,1H3. The molecule has 1 aliphatic rings. The first-order chi connectivity index (χ1) is 9.62. The van der Waals surface area contributed by atoms with Crippen molar-refractivity contribution in [1.82, 2.24) is 0 Å². The summed E-state index contributed by atoms with van der Waals surface area (Å²) in [6.45, 7) is 0. The van der Waals surface area contributed by atoms with Crippen LogP contribution in [-0.4, -0.2) is 7.11 Å². The van der Waals surface area contributed by atoms with Crippen LogP contribution in [0.4, 0.5) is 4.39 Å². The molecule has 104 valence electrons. The summed E-state index contributed by atoms with van der Waals surface area (Å²) in [6, 6.07) is 12.9. The third-order valence-electron chi connectivity index (χ3n) is 4.16. The lowest BCUT2D eigenvalue weighted by molar-refractivity contribution is 0.347. The lowest BCUT2D eigenvalue weighted by Gasteiger charge is -2.36. The van der Waals surface area contributed by atoms with Gasteiger partial charge in [0.15, 0.2) is 0 Å². The van der Waals surface area contributed by atoms with Crippen molar-refractivity contribution in [2.75, 3.05) is 7.11 Å². The molecule has 2 aromatic carbocycles. The molecule has 0 spiro atoms. The van der Waals surface area contributed by atoms with Crippen LogP contribution in [0.1, 0.15) is 23.1 Å². The third kappa shape index (κ3) is 2.18. The number of hydrogen-bond acceptors (Lipinski definition) is 2. The fourth-order valence-corrected chi connectivity index (χ4v) is 3.06. The SMILES string of the molecule is COc1ccc(F)cc1C1(N)CCc2ccccc2C1. The zero-order valence-corrected chi connectivity index (χ0v) is 11.5. The Bertz CT molecular complexity index is 641. The van der Waals surface area contributed by atoms with Gasteiger partial charge in [-0.2, -0.15) is 0 Å². The summed E-state index contributed by atoms with van der Waals surface area (Å²) < 4.78 is 19.0. The van der Waals surface area contributed by atoms with E-state index in [4.69, 9.17) is 10.5 Å². The van der Waals surface area contributed by atoms with E-state index in [2.05, 4.69) is 12.1 Å². The number of aryl methyl sites for hydroxylation is 1. The summed E-state index contributed by atoms with van der Waals surface area (Å²) in [5, 5.41) is 0. The molecule has 0 aliphatic heterocycles. The Morgan fingerprint density at radius 1 is 1.15 bits per heavy atom. The first-order valence-electron chi connectivity index (χ1n) is 6.82. The molecule has 2 N–H and O–H groups in total. The van der Waals surface area contributed by atoms with E-state index in [1.807, 2.05) is 12.1 Å². The molecular weight excluding hydrogens is 253 g/mol. The number of halogens is 1. The average molecular weight is 271 g/mol. The highest BCUT2D eigenvalue weighted by atomic mass is 19.1. The van der Waals surface area contributed by atoms with E-state index in [0.29, 0.717) is 12.2 Å². The second kappa shape index (κ2) is 4.91. The van der Waals surface area contributed by atoms with Crippen molar-refractivity contribution in [3.63, 3.8) is 0 Å². The van der Waals surface area contributed by atoms with Crippen LogP contribution in [0.2, 0.25) is 0 Å². The molecule has 1 atom stereocenters. The third-order valence-corrected chi connectivity index (χ3v) is 4.16. The molecule has 0 heterocycles. The topological polar surface area (TPSA) is 35.2 Å². The molecule has 0 amide bonds. The van der Waals surface area contributed by atoms with Gasteiger partial charge in [-0.25, -0.2) is 4.39 Å². The molecule has 3 rings (SSSR count). The Morgan fingerprint density at radius 3 is 2.65 bits per heavy atom. The number of methoxy groups -OCH3 is 1. The monoisotopic (exact) mass is 271 g/mol. The molecule has 1 unspecified atom stereocenters. The molecule has 0 saturated carbocycles. The van der Waals surface area contributed by atoms with Gasteiger partial charge in [-0.15, -0.1) is 0 Å². The maximum atomic E-state index is 13.6. The first-order valence-corrected chi connectivity index (χ1v) is 6.82. The van der Waals surface area contributed by atoms with E-state index in [-0.39, 0.29) is 5.82 Å². The summed E-state index contributed by atoms with van der Waals surface area (Å²) in [5.41, 5.74) is 9.37. The van der Waals surface area contributed by atoms with Crippen molar-refractivity contribution in [3.8, 4) is 5.75 Å². The van der Waals surface area contributed by atoms with Gasteiger partial charge in [0.2, 0.25) is 0 Å². The van der Waals surface area contributed by atoms with Crippen molar-refractivity contribution >= 4 is 0 Å². The quantitative estimate of drug-likeness (QED) is 0.910. The van der Waals surface area contributed by atoms with Crippen LogP contribution < -0.4 is 10.5 Å². The van der Waals surface area contributed by atoms with Crippen molar-refractivity contribution in [2.24, 2.45) is 5.73 Å². The Labute approximate surface area is 118 Å². The lowest BCUT2D eigenvalue weighted by atomic mass is 9.74. The second-order valence-electron chi connectivity index (χ2n) is 5.45. The van der Waals surface area contributed by atoms with Gasteiger partial charge in [-0.05, 0) is 48.6 Å². The van der Waals surface area contributed by atoms with Gasteiger partial charge in [0, 0.05) is 11.1 Å². The fourth-order valence-electron chi connectivity index (χ4n) is 3.06. The highest BCUT2D eigenvalue weighted by Crippen LogP contribution is 2.38. The van der Waals surface area contributed by atoms with Gasteiger partial charge >= 0.3 is 0 Å². The van der Waals surface area contributed by atoms with Gasteiger partial charge in [-0.3, -0.25) is 0 Å². The second-order valence-corrected chi connectivity index (χ2v) is 5.45. The van der Waals surface area contributed by atoms with E-state index in [0.717, 1.165) is 18.4 Å². The molecule has 2 nitrogen and oxygen atoms in total. The smallest absolute Gasteiger partial charge is 0.124 e. The summed E-state index contributed by atoms with van der Waals surface area (Å²) in [7, 11) is 1.59. The van der Waals surface area contributed by atoms with Crippen LogP contribution in [0, 0.1) is 5.82 Å². The Kier molecular flexibility index (Phi) is 3.22. The predicted octanol–water partition coefficient (Wildman–Crippen LogP) is 3.18. The number of hydrogen-bond donors (Lipinski definition) is 1. The number of fused-ring (bicyclic) bond motifs is 1. The zero-order valence-electron chi connectivity index (χ0n) is 11.5. The minimum Gasteiger partial charge on any atom is -0.496 e. The summed E-state index contributed by atoms with van der Waals surface area (Å²) in [6.07, 6.45) is 2.42. The molecule has 1 aliphatic carbocycles. The fraction of sp³-hybridized carbons (Fsp3) is 0.294. The molecule has 0 saturated heterocycles. The Hall–Kier alpha value is -1.87. The van der Waals surface area contributed by atoms with Gasteiger partial charge in [0.05, 0.1) is 7.11 Å². The van der Waals surface area contributed by atoms with E-state index in [1.54, 1.807) is 13.2 Å². The number of nitrogens with two attached hydrogens (primary N) is 1. The first kappa shape index (κ1) is 13.1. The van der Waals surface area contributed by atoms with Crippen LogP contribution in [0.15, 0.2) is 42.5 Å². The van der Waals surface area contributed by atoms with E-state index in [9.17, 15) is 4.39 Å². The summed E-state index contributed by atoms with van der Waals surface area (Å²) in [4.78, 5) is 0. The van der Waals surface area contributed by atoms with Crippen molar-refractivity contribution in [1.29, 1.82) is 0 Å². The molecule has 0 bridgehead atoms. The van der Waals surface area contributed by atoms with Crippen molar-refractivity contribution < 1.29 is 9.13 Å². The Balaban J connectivity index is 2.04. The van der Waals surface area contributed by atoms with Crippen molar-refractivity contribution in [3.05, 3.63) is 65.0 Å². The summed E-state index contributed by atoms with van der Waals surface area (Å²) >= 11 is 0. The molecule has 0 fully saturated rings. The molecule has 0 radical (unpaired) electrons. The Morgan fingerprint density at radius 2 is 1.90 bits per heavy atom. The van der Waals surface area contributed by atoms with Crippen LogP contribution >= 0.6 is 0 Å². The van der Waals surface area contributed by atoms with Gasteiger partial charge in [0.1, 0.15) is 11.6 Å². The lowest BCUT2D eigenvalue weighted by Crippen LogP contribution is -2.42. The summed E-state index contributed by atoms with van der Waals surface area (Å²) in [5.74, 6) is 0.387. The van der Waals surface area contributed by atoms with Crippen LogP contribution in [-0.2, 0) is 18.4 Å². The minimum atomic E-state index is -0.568. The maximum Gasteiger partial charge on any atom is 0.124 e. The minimum absolute atomic E-state index is 0.274. The largest absolute Gasteiger partial charge is 0.496 e. The van der Waals surface area contributed by atoms with Crippen LogP contribution in [0.3, 0.4) is 0 Å². The average Bonchev–Trinajstić information content (AvgIpc) is 2.47. The number of benzene rings is 2. The van der Waals surface area contributed by atoms with E-state index >= 15 is 0 Å². The van der Waals surface area contributed by atoms with Crippen molar-refractivity contribution in [2.45, 2.75) is 24.8 Å². The number of ether oxygens (including phenoxy) is 1. The molecule has 3 heteroatoms. The highest BCUT2D eigenvalue weighted by Gasteiger charge is 2.34. The van der Waals surface area contributed by atoms with Crippen LogP contribution in [0.25, 0.3) is 0 Å². The van der Waals surface area contributed by atoms with Crippen LogP contribution in [0.5, 0.6) is 5.75 Å². The molecule has 20 heavy (non-hydrogen) atoms. The van der Waals surface area contributed by atoms with Gasteiger partial charge in [0.25, 0.3) is 0 Å². The van der Waals surface area contributed by atoms with Gasteiger partial charge in [-0.1, -0.05) is 24.3 Å². The maximum absolute atomic E-state index is 13.6. The normalized spacial score (nSPS) is 21.4.